The van der Waals surface area contributed by atoms with Gasteiger partial charge in [-0.3, -0.25) is 15.0 Å². The highest BCUT2D eigenvalue weighted by atomic mass is 19.1. The van der Waals surface area contributed by atoms with Crippen LogP contribution in [0.1, 0.15) is 21.5 Å². The molecule has 1 aromatic heterocycles. The molecule has 6 nitrogen and oxygen atoms in total. The van der Waals surface area contributed by atoms with Crippen molar-refractivity contribution in [1.29, 1.82) is 5.41 Å². The molecule has 2 N–H and O–H groups in total. The van der Waals surface area contributed by atoms with Gasteiger partial charge < -0.3 is 14.5 Å². The summed E-state index contributed by atoms with van der Waals surface area (Å²) in [5.41, 5.74) is 0.228. The maximum atomic E-state index is 13.8. The molecule has 0 bridgehead atoms. The van der Waals surface area contributed by atoms with Crippen LogP contribution in [0.25, 0.3) is 0 Å². The molecule has 0 atom stereocenters. The predicted molar refractivity (Wildman–Crippen MR) is 107 cm³/mol. The number of nitrogens with one attached hydrogen (secondary N) is 2. The van der Waals surface area contributed by atoms with E-state index in [2.05, 4.69) is 4.98 Å². The number of carbonyl (C=O) groups is 1. The van der Waals surface area contributed by atoms with E-state index in [1.165, 1.54) is 24.4 Å². The Bertz CT molecular complexity index is 1090. The summed E-state index contributed by atoms with van der Waals surface area (Å²) < 4.78 is 24.6. The van der Waals surface area contributed by atoms with Crippen molar-refractivity contribution in [2.24, 2.45) is 0 Å². The molecule has 1 heterocycles. The SMILES string of the molecule is COCCc1ccc(Oc2ccc(F)cc2C(=O)C(=N)c2cc[nH]c(=O)c2)cc1. The Hall–Kier alpha value is -3.58. The first-order valence-electron chi connectivity index (χ1n) is 8.85. The first-order chi connectivity index (χ1) is 14.0. The summed E-state index contributed by atoms with van der Waals surface area (Å²) in [5, 5.41) is 8.12. The molecule has 29 heavy (non-hydrogen) atoms. The Morgan fingerprint density at radius 2 is 1.86 bits per heavy atom. The molecule has 3 rings (SSSR count). The molecule has 3 aromatic rings. The molecular weight excluding hydrogens is 375 g/mol. The second kappa shape index (κ2) is 9.07. The summed E-state index contributed by atoms with van der Waals surface area (Å²) in [7, 11) is 1.63. The Labute approximate surface area is 166 Å². The standard InChI is InChI=1S/C22H19FN2O4/c1-28-11-9-14-2-5-17(6-3-14)29-19-7-4-16(23)13-18(19)22(27)21(24)15-8-10-25-20(26)12-15/h2-8,10,12-13,24H,9,11H2,1H3,(H,25,26). The first-order valence-corrected chi connectivity index (χ1v) is 8.85. The van der Waals surface area contributed by atoms with E-state index in [0.29, 0.717) is 12.4 Å². The van der Waals surface area contributed by atoms with Gasteiger partial charge in [-0.05, 0) is 48.4 Å². The lowest BCUT2D eigenvalue weighted by atomic mass is 10.0. The number of hydrogen-bond acceptors (Lipinski definition) is 5. The number of Topliss-reactive ketones (excluding diaryl/α,β-unsaturated/α-hetero) is 1. The Balaban J connectivity index is 1.86. The van der Waals surface area contributed by atoms with Crippen LogP contribution in [0.15, 0.2) is 65.6 Å². The zero-order valence-corrected chi connectivity index (χ0v) is 15.7. The molecule has 0 saturated carbocycles. The van der Waals surface area contributed by atoms with Crippen molar-refractivity contribution >= 4 is 11.5 Å². The lowest BCUT2D eigenvalue weighted by Crippen LogP contribution is -2.18. The van der Waals surface area contributed by atoms with Gasteiger partial charge in [0.2, 0.25) is 11.3 Å². The Kier molecular flexibility index (Phi) is 6.31. The normalized spacial score (nSPS) is 10.6. The number of halogens is 1. The van der Waals surface area contributed by atoms with Crippen LogP contribution in [0, 0.1) is 11.2 Å². The summed E-state index contributed by atoms with van der Waals surface area (Å²) in [6.45, 7) is 0.598. The lowest BCUT2D eigenvalue weighted by molar-refractivity contribution is 0.106. The number of benzene rings is 2. The van der Waals surface area contributed by atoms with E-state index in [9.17, 15) is 14.0 Å². The number of H-pyrrole nitrogens is 1. The van der Waals surface area contributed by atoms with Gasteiger partial charge in [0.1, 0.15) is 23.0 Å². The zero-order valence-electron chi connectivity index (χ0n) is 15.7. The largest absolute Gasteiger partial charge is 0.457 e. The number of aromatic nitrogens is 1. The molecule has 0 unspecified atom stereocenters. The number of rotatable bonds is 8. The molecule has 0 aliphatic rings. The second-order valence-corrected chi connectivity index (χ2v) is 6.28. The van der Waals surface area contributed by atoms with Crippen molar-refractivity contribution in [2.75, 3.05) is 13.7 Å². The van der Waals surface area contributed by atoms with Crippen LogP contribution in [0.2, 0.25) is 0 Å². The molecule has 0 saturated heterocycles. The minimum atomic E-state index is -0.748. The summed E-state index contributed by atoms with van der Waals surface area (Å²) in [6.07, 6.45) is 2.10. The van der Waals surface area contributed by atoms with Crippen LogP contribution < -0.4 is 10.3 Å². The van der Waals surface area contributed by atoms with Gasteiger partial charge in [-0.15, -0.1) is 0 Å². The third-order valence-corrected chi connectivity index (χ3v) is 4.22. The topological polar surface area (TPSA) is 92.2 Å². The molecule has 0 fully saturated rings. The average Bonchev–Trinajstić information content (AvgIpc) is 2.73. The molecule has 0 aliphatic carbocycles. The van der Waals surface area contributed by atoms with Crippen molar-refractivity contribution in [3.05, 3.63) is 93.7 Å². The Morgan fingerprint density at radius 3 is 2.55 bits per heavy atom. The minimum Gasteiger partial charge on any atom is -0.457 e. The van der Waals surface area contributed by atoms with Gasteiger partial charge in [0.05, 0.1) is 12.2 Å². The fourth-order valence-corrected chi connectivity index (χ4v) is 2.71. The number of methoxy groups -OCH3 is 1. The van der Waals surface area contributed by atoms with Crippen LogP contribution in [0.3, 0.4) is 0 Å². The zero-order chi connectivity index (χ0) is 20.8. The van der Waals surface area contributed by atoms with Crippen LogP contribution in [-0.2, 0) is 11.2 Å². The molecule has 0 amide bonds. The summed E-state index contributed by atoms with van der Waals surface area (Å²) in [5.74, 6) is -0.790. The summed E-state index contributed by atoms with van der Waals surface area (Å²) in [6, 6.07) is 13.3. The van der Waals surface area contributed by atoms with E-state index in [4.69, 9.17) is 14.9 Å². The van der Waals surface area contributed by atoms with Crippen LogP contribution >= 0.6 is 0 Å². The highest BCUT2D eigenvalue weighted by molar-refractivity contribution is 6.50. The van der Waals surface area contributed by atoms with E-state index >= 15 is 0 Å². The third-order valence-electron chi connectivity index (χ3n) is 4.22. The highest BCUT2D eigenvalue weighted by Crippen LogP contribution is 2.27. The summed E-state index contributed by atoms with van der Waals surface area (Å²) >= 11 is 0. The molecule has 0 radical (unpaired) electrons. The quantitative estimate of drug-likeness (QED) is 0.450. The monoisotopic (exact) mass is 394 g/mol. The number of hydrogen-bond donors (Lipinski definition) is 2. The third kappa shape index (κ3) is 5.03. The van der Waals surface area contributed by atoms with Crippen molar-refractivity contribution < 1.29 is 18.7 Å². The number of ether oxygens (including phenoxy) is 2. The number of carbonyl (C=O) groups excluding carboxylic acids is 1. The minimum absolute atomic E-state index is 0.0984. The maximum absolute atomic E-state index is 13.8. The van der Waals surface area contributed by atoms with Crippen LogP contribution in [-0.4, -0.2) is 30.2 Å². The fraction of sp³-hybridized carbons (Fsp3) is 0.136. The van der Waals surface area contributed by atoms with E-state index in [1.807, 2.05) is 12.1 Å². The fourth-order valence-electron chi connectivity index (χ4n) is 2.71. The molecule has 0 aliphatic heterocycles. The molecular formula is C22H19FN2O4. The van der Waals surface area contributed by atoms with Crippen LogP contribution in [0.4, 0.5) is 4.39 Å². The van der Waals surface area contributed by atoms with E-state index in [1.54, 1.807) is 19.2 Å². The number of aromatic amines is 1. The van der Waals surface area contributed by atoms with Crippen LogP contribution in [0.5, 0.6) is 11.5 Å². The van der Waals surface area contributed by atoms with Crippen molar-refractivity contribution in [2.45, 2.75) is 6.42 Å². The molecule has 7 heteroatoms. The average molecular weight is 394 g/mol. The lowest BCUT2D eigenvalue weighted by Gasteiger charge is -2.12. The van der Waals surface area contributed by atoms with Crippen molar-refractivity contribution in [1.82, 2.24) is 4.98 Å². The maximum Gasteiger partial charge on any atom is 0.248 e. The van der Waals surface area contributed by atoms with E-state index in [-0.39, 0.29) is 16.9 Å². The van der Waals surface area contributed by atoms with E-state index in [0.717, 1.165) is 24.1 Å². The van der Waals surface area contributed by atoms with Crippen molar-refractivity contribution in [3.63, 3.8) is 0 Å². The predicted octanol–water partition coefficient (Wildman–Crippen LogP) is 3.75. The van der Waals surface area contributed by atoms with Gasteiger partial charge >= 0.3 is 0 Å². The summed E-state index contributed by atoms with van der Waals surface area (Å²) in [4.78, 5) is 26.7. The van der Waals surface area contributed by atoms with Gasteiger partial charge in [0.15, 0.2) is 0 Å². The van der Waals surface area contributed by atoms with Crippen molar-refractivity contribution in [3.8, 4) is 11.5 Å². The Morgan fingerprint density at radius 1 is 1.10 bits per heavy atom. The van der Waals surface area contributed by atoms with E-state index < -0.39 is 22.9 Å². The second-order valence-electron chi connectivity index (χ2n) is 6.28. The molecule has 148 valence electrons. The first kappa shape index (κ1) is 20.2. The molecule has 2 aromatic carbocycles. The van der Waals surface area contributed by atoms with Gasteiger partial charge in [-0.1, -0.05) is 12.1 Å². The highest BCUT2D eigenvalue weighted by Gasteiger charge is 2.20. The van der Waals surface area contributed by atoms with Gasteiger partial charge in [-0.25, -0.2) is 4.39 Å². The van der Waals surface area contributed by atoms with Gasteiger partial charge in [0.25, 0.3) is 0 Å². The van der Waals surface area contributed by atoms with Gasteiger partial charge in [0, 0.05) is 24.9 Å². The number of ketones is 1. The smallest absolute Gasteiger partial charge is 0.248 e. The molecule has 0 spiro atoms. The van der Waals surface area contributed by atoms with Gasteiger partial charge in [-0.2, -0.15) is 0 Å². The number of pyridine rings is 1.